The molecule has 2 heterocycles. The van der Waals surface area contributed by atoms with E-state index in [0.29, 0.717) is 23.0 Å². The summed E-state index contributed by atoms with van der Waals surface area (Å²) in [7, 11) is 0. The molecule has 0 unspecified atom stereocenters. The number of rotatable bonds is 8. The molecule has 1 aliphatic carbocycles. The first-order valence-electron chi connectivity index (χ1n) is 11.5. The van der Waals surface area contributed by atoms with Gasteiger partial charge in [-0.15, -0.1) is 0 Å². The number of carbonyl (C=O) groups is 2. The molecule has 1 aromatic heterocycles. The van der Waals surface area contributed by atoms with Gasteiger partial charge in [0.25, 0.3) is 0 Å². The van der Waals surface area contributed by atoms with Gasteiger partial charge in [0, 0.05) is 15.9 Å². The molecule has 1 saturated carbocycles. The molecular weight excluding hydrogens is 466 g/mol. The van der Waals surface area contributed by atoms with Crippen LogP contribution in [-0.4, -0.2) is 42.2 Å². The zero-order valence-corrected chi connectivity index (χ0v) is 19.4. The average Bonchev–Trinajstić information content (AvgIpc) is 2.91. The van der Waals surface area contributed by atoms with Gasteiger partial charge in [-0.3, -0.25) is 9.80 Å². The Morgan fingerprint density at radius 3 is 2.72 bits per heavy atom. The van der Waals surface area contributed by atoms with Crippen molar-refractivity contribution in [2.45, 2.75) is 44.2 Å². The Kier molecular flexibility index (Phi) is 7.71. The largest absolute Gasteiger partial charge is 0.456 e. The Balaban J connectivity index is 1.66. The van der Waals surface area contributed by atoms with Gasteiger partial charge in [0.1, 0.15) is 11.9 Å². The van der Waals surface area contributed by atoms with Crippen LogP contribution in [0, 0.1) is 0 Å². The third-order valence-corrected chi connectivity index (χ3v) is 6.21. The van der Waals surface area contributed by atoms with Crippen LogP contribution < -0.4 is 21.1 Å². The van der Waals surface area contributed by atoms with Crippen molar-refractivity contribution in [1.29, 1.82) is 0 Å². The number of esters is 1. The highest BCUT2D eigenvalue weighted by molar-refractivity contribution is 6.03. The molecule has 14 heteroatoms. The van der Waals surface area contributed by atoms with Crippen molar-refractivity contribution in [3.63, 3.8) is 0 Å². The quantitative estimate of drug-likeness (QED) is 0.137. The molecule has 0 saturated heterocycles. The van der Waals surface area contributed by atoms with E-state index in [1.165, 1.54) is 11.1 Å². The van der Waals surface area contributed by atoms with E-state index in [1.807, 2.05) is 4.90 Å². The first-order chi connectivity index (χ1) is 17.5. The Morgan fingerprint density at radius 1 is 1.19 bits per heavy atom. The maximum absolute atomic E-state index is 12.9. The second-order valence-corrected chi connectivity index (χ2v) is 8.37. The van der Waals surface area contributed by atoms with E-state index in [0.717, 1.165) is 32.1 Å². The van der Waals surface area contributed by atoms with Crippen LogP contribution in [0.3, 0.4) is 0 Å². The monoisotopic (exact) mass is 491 g/mol. The number of aromatic nitrogens is 1. The highest BCUT2D eigenvalue weighted by atomic mass is 16.5. The molecule has 4 rings (SSSR count). The number of amides is 1. The highest BCUT2D eigenvalue weighted by Gasteiger charge is 2.38. The van der Waals surface area contributed by atoms with Crippen LogP contribution in [-0.2, 0) is 9.53 Å². The number of carbonyl (C=O) groups excluding carboxylic acids is 2. The van der Waals surface area contributed by atoms with E-state index in [9.17, 15) is 9.59 Å². The van der Waals surface area contributed by atoms with Gasteiger partial charge in [-0.05, 0) is 54.2 Å². The predicted molar refractivity (Wildman–Crippen MR) is 132 cm³/mol. The first-order valence-corrected chi connectivity index (χ1v) is 11.5. The molecule has 0 radical (unpaired) electrons. The van der Waals surface area contributed by atoms with Gasteiger partial charge in [0.2, 0.25) is 5.91 Å². The van der Waals surface area contributed by atoms with Crippen molar-refractivity contribution in [3.05, 3.63) is 62.8 Å². The van der Waals surface area contributed by atoms with Gasteiger partial charge in [-0.1, -0.05) is 35.6 Å². The summed E-state index contributed by atoms with van der Waals surface area (Å²) >= 11 is 0. The normalized spacial score (nSPS) is 17.2. The minimum atomic E-state index is -0.681. The number of nitrogens with zero attached hydrogens (tertiary/aromatic N) is 9. The SMILES string of the molecule is [N-]=[N+]=NCOC(=O)c1cccc(N(N)c2ccc3c(n2)N(C2CCCCC2)[C@H](CN=[N+]=[N-])C(=O)N3)c1. The number of nitrogens with two attached hydrogens (primary N) is 1. The Labute approximate surface area is 206 Å². The lowest BCUT2D eigenvalue weighted by Gasteiger charge is -2.43. The number of nitrogens with one attached hydrogen (secondary N) is 1. The van der Waals surface area contributed by atoms with Gasteiger partial charge < -0.3 is 15.0 Å². The van der Waals surface area contributed by atoms with Gasteiger partial charge in [0.05, 0.1) is 23.5 Å². The number of benzene rings is 1. The molecule has 2 aromatic rings. The van der Waals surface area contributed by atoms with Crippen LogP contribution in [0.2, 0.25) is 0 Å². The minimum absolute atomic E-state index is 0.0173. The van der Waals surface area contributed by atoms with E-state index in [-0.39, 0.29) is 24.1 Å². The molecular formula is C22H25N11O3. The molecule has 1 aromatic carbocycles. The maximum Gasteiger partial charge on any atom is 0.338 e. The van der Waals surface area contributed by atoms with Gasteiger partial charge >= 0.3 is 5.97 Å². The lowest BCUT2D eigenvalue weighted by molar-refractivity contribution is -0.117. The number of hydrogen-bond donors (Lipinski definition) is 2. The molecule has 14 nitrogen and oxygen atoms in total. The fourth-order valence-electron chi connectivity index (χ4n) is 4.54. The molecule has 0 spiro atoms. The van der Waals surface area contributed by atoms with Crippen molar-refractivity contribution >= 4 is 34.9 Å². The third kappa shape index (κ3) is 5.26. The summed E-state index contributed by atoms with van der Waals surface area (Å²) in [6.45, 7) is -0.436. The maximum atomic E-state index is 12.9. The van der Waals surface area contributed by atoms with Crippen molar-refractivity contribution in [2.75, 3.05) is 28.5 Å². The third-order valence-electron chi connectivity index (χ3n) is 6.21. The summed E-state index contributed by atoms with van der Waals surface area (Å²) in [6, 6.07) is 9.22. The first kappa shape index (κ1) is 24.6. The van der Waals surface area contributed by atoms with E-state index in [2.05, 4.69) is 25.4 Å². The van der Waals surface area contributed by atoms with Gasteiger partial charge in [-0.2, -0.15) is 0 Å². The Morgan fingerprint density at radius 2 is 1.97 bits per heavy atom. The van der Waals surface area contributed by atoms with Crippen LogP contribution >= 0.6 is 0 Å². The topological polar surface area (TPSA) is 198 Å². The van der Waals surface area contributed by atoms with Crippen molar-refractivity contribution in [1.82, 2.24) is 4.98 Å². The van der Waals surface area contributed by atoms with E-state index < -0.39 is 18.7 Å². The number of fused-ring (bicyclic) bond motifs is 1. The summed E-state index contributed by atoms with van der Waals surface area (Å²) in [5.41, 5.74) is 18.4. The Hall–Kier alpha value is -4.51. The second kappa shape index (κ2) is 11.3. The van der Waals surface area contributed by atoms with Crippen molar-refractivity contribution in [2.24, 2.45) is 16.1 Å². The number of hydrazine groups is 1. The van der Waals surface area contributed by atoms with Crippen LogP contribution in [0.1, 0.15) is 42.5 Å². The lowest BCUT2D eigenvalue weighted by Crippen LogP contribution is -2.55. The highest BCUT2D eigenvalue weighted by Crippen LogP contribution is 2.38. The van der Waals surface area contributed by atoms with Crippen molar-refractivity contribution in [3.8, 4) is 0 Å². The summed E-state index contributed by atoms with van der Waals surface area (Å²) in [4.78, 5) is 37.2. The molecule has 3 N–H and O–H groups in total. The summed E-state index contributed by atoms with van der Waals surface area (Å²) in [5, 5.41) is 11.0. The molecule has 0 bridgehead atoms. The molecule has 1 amide bonds. The van der Waals surface area contributed by atoms with E-state index >= 15 is 0 Å². The van der Waals surface area contributed by atoms with Crippen LogP contribution in [0.15, 0.2) is 46.6 Å². The molecule has 2 aliphatic rings. The summed E-state index contributed by atoms with van der Waals surface area (Å²) < 4.78 is 4.90. The molecule has 186 valence electrons. The second-order valence-electron chi connectivity index (χ2n) is 8.37. The van der Waals surface area contributed by atoms with Gasteiger partial charge in [0.15, 0.2) is 12.5 Å². The van der Waals surface area contributed by atoms with Gasteiger partial charge in [-0.25, -0.2) is 15.6 Å². The zero-order chi connectivity index (χ0) is 25.5. The smallest absolute Gasteiger partial charge is 0.338 e. The number of hydrogen-bond acceptors (Lipinski definition) is 9. The fraction of sp³-hybridized carbons (Fsp3) is 0.409. The number of anilines is 4. The number of azide groups is 2. The predicted octanol–water partition coefficient (Wildman–Crippen LogP) is 4.29. The summed E-state index contributed by atoms with van der Waals surface area (Å²) in [5.74, 6) is 6.41. The van der Waals surface area contributed by atoms with Crippen molar-refractivity contribution < 1.29 is 14.3 Å². The van der Waals surface area contributed by atoms with E-state index in [1.54, 1.807) is 30.3 Å². The number of ether oxygens (including phenoxy) is 1. The Bertz CT molecular complexity index is 1230. The lowest BCUT2D eigenvalue weighted by atomic mass is 9.92. The molecule has 1 fully saturated rings. The standard InChI is InChI=1S/C22H25N11O3/c23-30-26-12-18-21(34)28-17-9-10-19(29-20(17)32(18)15-6-2-1-3-7-15)33(25)16-8-4-5-14(11-16)22(35)36-13-27-31-24/h4-5,8-11,15,18H,1-3,6-7,12-13,25H2,(H,28,34)/t18-/m1/s1. The molecule has 1 aliphatic heterocycles. The van der Waals surface area contributed by atoms with Crippen LogP contribution in [0.5, 0.6) is 0 Å². The van der Waals surface area contributed by atoms with Crippen LogP contribution in [0.4, 0.5) is 23.0 Å². The van der Waals surface area contributed by atoms with E-state index in [4.69, 9.17) is 26.6 Å². The summed E-state index contributed by atoms with van der Waals surface area (Å²) in [6.07, 6.45) is 5.01. The molecule has 36 heavy (non-hydrogen) atoms. The minimum Gasteiger partial charge on any atom is -0.456 e. The number of pyridine rings is 1. The van der Waals surface area contributed by atoms with Crippen LogP contribution in [0.25, 0.3) is 20.9 Å². The molecule has 1 atom stereocenters. The fourth-order valence-corrected chi connectivity index (χ4v) is 4.54. The average molecular weight is 492 g/mol. The zero-order valence-electron chi connectivity index (χ0n) is 19.4.